The number of rotatable bonds is 6. The van der Waals surface area contributed by atoms with Gasteiger partial charge in [0.15, 0.2) is 0 Å². The van der Waals surface area contributed by atoms with Crippen LogP contribution in [-0.2, 0) is 14.8 Å². The van der Waals surface area contributed by atoms with E-state index in [2.05, 4.69) is 4.72 Å². The number of benzene rings is 1. The van der Waals surface area contributed by atoms with Crippen LogP contribution in [0.2, 0.25) is 10.0 Å². The Morgan fingerprint density at radius 3 is 2.10 bits per heavy atom. The van der Waals surface area contributed by atoms with E-state index >= 15 is 0 Å². The first kappa shape index (κ1) is 23.0. The van der Waals surface area contributed by atoms with Crippen LogP contribution < -0.4 is 4.72 Å². The zero-order valence-corrected chi connectivity index (χ0v) is 19.0. The molecule has 164 valence electrons. The number of sulfonamides is 1. The number of piperidine rings is 1. The minimum absolute atomic E-state index is 0.0664. The minimum atomic E-state index is -3.32. The second-order valence-corrected chi connectivity index (χ2v) is 10.2. The lowest BCUT2D eigenvalue weighted by atomic mass is 10.1. The fraction of sp³-hybridized carbons (Fsp3) is 0.526. The normalized spacial score (nSPS) is 18.7. The van der Waals surface area contributed by atoms with Gasteiger partial charge >= 0.3 is 0 Å². The molecule has 2 heterocycles. The van der Waals surface area contributed by atoms with Crippen LogP contribution >= 0.6 is 23.2 Å². The topological polar surface area (TPSA) is 104 Å². The molecule has 8 nitrogen and oxygen atoms in total. The Kier molecular flexibility index (Phi) is 6.76. The molecule has 0 saturated carbocycles. The monoisotopic (exact) mass is 475 g/mol. The Hall–Kier alpha value is -1.68. The van der Waals surface area contributed by atoms with Gasteiger partial charge in [-0.3, -0.25) is 19.3 Å². The lowest BCUT2D eigenvalue weighted by molar-refractivity contribution is -0.136. The number of hydrogen-bond donors (Lipinski definition) is 1. The van der Waals surface area contributed by atoms with Crippen LogP contribution in [0.4, 0.5) is 0 Å². The van der Waals surface area contributed by atoms with E-state index in [9.17, 15) is 22.8 Å². The first-order valence-electron chi connectivity index (χ1n) is 9.71. The first-order chi connectivity index (χ1) is 14.1. The van der Waals surface area contributed by atoms with Gasteiger partial charge in [0.05, 0.1) is 26.9 Å². The van der Waals surface area contributed by atoms with Gasteiger partial charge < -0.3 is 4.90 Å². The van der Waals surface area contributed by atoms with Crippen molar-refractivity contribution in [2.45, 2.75) is 45.2 Å². The van der Waals surface area contributed by atoms with Crippen LogP contribution in [0.15, 0.2) is 12.1 Å². The number of nitrogens with zero attached hydrogens (tertiary/aromatic N) is 2. The molecular formula is C19H23Cl2N3O5S. The SMILES string of the molecule is CCCS(=O)(=O)NC1CCN(C(=O)C(C)N2C(=O)c3cc(Cl)c(Cl)cc3C2=O)CC1. The third kappa shape index (κ3) is 4.49. The molecule has 3 amide bonds. The van der Waals surface area contributed by atoms with Gasteiger partial charge in [0.1, 0.15) is 6.04 Å². The standard InChI is InChI=1S/C19H23Cl2N3O5S/c1-3-8-30(28,29)22-12-4-6-23(7-5-12)17(25)11(2)24-18(26)13-9-15(20)16(21)10-14(13)19(24)27/h9-12,22H,3-8H2,1-2H3. The first-order valence-corrected chi connectivity index (χ1v) is 12.1. The zero-order valence-electron chi connectivity index (χ0n) is 16.7. The number of amides is 3. The van der Waals surface area contributed by atoms with Gasteiger partial charge in [-0.25, -0.2) is 13.1 Å². The maximum absolute atomic E-state index is 12.9. The summed E-state index contributed by atoms with van der Waals surface area (Å²) in [6, 6.07) is 1.45. The summed E-state index contributed by atoms with van der Waals surface area (Å²) in [4.78, 5) is 40.9. The van der Waals surface area contributed by atoms with E-state index in [0.717, 1.165) is 4.90 Å². The molecule has 2 aliphatic rings. The zero-order chi connectivity index (χ0) is 22.2. The third-order valence-corrected chi connectivity index (χ3v) is 7.69. The van der Waals surface area contributed by atoms with Gasteiger partial charge in [-0.15, -0.1) is 0 Å². The Morgan fingerprint density at radius 1 is 1.13 bits per heavy atom. The molecule has 0 bridgehead atoms. The van der Waals surface area contributed by atoms with Crippen molar-refractivity contribution in [1.82, 2.24) is 14.5 Å². The van der Waals surface area contributed by atoms with Gasteiger partial charge in [0.2, 0.25) is 15.9 Å². The van der Waals surface area contributed by atoms with E-state index < -0.39 is 27.9 Å². The molecule has 3 rings (SSSR count). The number of likely N-dealkylation sites (tertiary alicyclic amines) is 1. The molecule has 1 aromatic carbocycles. The average Bonchev–Trinajstić information content (AvgIpc) is 2.91. The van der Waals surface area contributed by atoms with E-state index in [0.29, 0.717) is 32.4 Å². The van der Waals surface area contributed by atoms with Crippen LogP contribution in [0.5, 0.6) is 0 Å². The van der Waals surface area contributed by atoms with Crippen molar-refractivity contribution < 1.29 is 22.8 Å². The van der Waals surface area contributed by atoms with Gasteiger partial charge in [-0.05, 0) is 38.3 Å². The maximum atomic E-state index is 12.9. The van der Waals surface area contributed by atoms with Crippen molar-refractivity contribution in [3.8, 4) is 0 Å². The largest absolute Gasteiger partial charge is 0.341 e. The lowest BCUT2D eigenvalue weighted by Gasteiger charge is -2.35. The molecule has 1 fully saturated rings. The summed E-state index contributed by atoms with van der Waals surface area (Å²) in [5.41, 5.74) is 0.246. The highest BCUT2D eigenvalue weighted by molar-refractivity contribution is 7.89. The van der Waals surface area contributed by atoms with Crippen LogP contribution in [0.25, 0.3) is 0 Å². The number of imide groups is 1. The Balaban J connectivity index is 1.66. The maximum Gasteiger partial charge on any atom is 0.262 e. The number of nitrogens with one attached hydrogen (secondary N) is 1. The molecule has 1 saturated heterocycles. The predicted octanol–water partition coefficient (Wildman–Crippen LogP) is 2.30. The number of fused-ring (bicyclic) bond motifs is 1. The molecule has 1 N–H and O–H groups in total. The Morgan fingerprint density at radius 2 is 1.63 bits per heavy atom. The second-order valence-electron chi connectivity index (χ2n) is 7.50. The predicted molar refractivity (Wildman–Crippen MR) is 113 cm³/mol. The Bertz CT molecular complexity index is 949. The van der Waals surface area contributed by atoms with Crippen molar-refractivity contribution in [2.24, 2.45) is 0 Å². The number of halogens is 2. The van der Waals surface area contributed by atoms with Crippen molar-refractivity contribution in [3.63, 3.8) is 0 Å². The molecule has 11 heteroatoms. The summed E-state index contributed by atoms with van der Waals surface area (Å²) in [5, 5.41) is 0.315. The van der Waals surface area contributed by atoms with E-state index in [1.807, 2.05) is 0 Å². The molecular weight excluding hydrogens is 453 g/mol. The van der Waals surface area contributed by atoms with Gasteiger partial charge in [-0.2, -0.15) is 0 Å². The molecule has 0 radical (unpaired) electrons. The number of hydrogen-bond acceptors (Lipinski definition) is 5. The molecule has 1 unspecified atom stereocenters. The molecule has 1 atom stereocenters. The molecule has 2 aliphatic heterocycles. The summed E-state index contributed by atoms with van der Waals surface area (Å²) in [6.45, 7) is 3.97. The quantitative estimate of drug-likeness (QED) is 0.635. The van der Waals surface area contributed by atoms with Crippen LogP contribution in [0, 0.1) is 0 Å². The summed E-state index contributed by atoms with van der Waals surface area (Å²) in [6.07, 6.45) is 1.46. The van der Waals surface area contributed by atoms with Crippen LogP contribution in [-0.4, -0.2) is 66.9 Å². The van der Waals surface area contributed by atoms with Crippen molar-refractivity contribution >= 4 is 50.9 Å². The second kappa shape index (κ2) is 8.82. The fourth-order valence-electron chi connectivity index (χ4n) is 3.78. The fourth-order valence-corrected chi connectivity index (χ4v) is 5.50. The summed E-state index contributed by atoms with van der Waals surface area (Å²) < 4.78 is 26.5. The minimum Gasteiger partial charge on any atom is -0.341 e. The van der Waals surface area contributed by atoms with Crippen molar-refractivity contribution in [2.75, 3.05) is 18.8 Å². The Labute approximate surface area is 185 Å². The van der Waals surface area contributed by atoms with E-state index in [1.165, 1.54) is 19.1 Å². The summed E-state index contributed by atoms with van der Waals surface area (Å²) in [7, 11) is -3.32. The lowest BCUT2D eigenvalue weighted by Crippen LogP contribution is -2.53. The summed E-state index contributed by atoms with van der Waals surface area (Å²) >= 11 is 11.9. The molecule has 0 aromatic heterocycles. The van der Waals surface area contributed by atoms with Gasteiger partial charge in [0, 0.05) is 19.1 Å². The number of carbonyl (C=O) groups excluding carboxylic acids is 3. The third-order valence-electron chi connectivity index (χ3n) is 5.33. The molecule has 0 aliphatic carbocycles. The highest BCUT2D eigenvalue weighted by atomic mass is 35.5. The van der Waals surface area contributed by atoms with Crippen molar-refractivity contribution in [3.05, 3.63) is 33.3 Å². The smallest absolute Gasteiger partial charge is 0.262 e. The van der Waals surface area contributed by atoms with Crippen LogP contribution in [0.3, 0.4) is 0 Å². The molecule has 1 aromatic rings. The van der Waals surface area contributed by atoms with Gasteiger partial charge in [0.25, 0.3) is 11.8 Å². The number of carbonyl (C=O) groups is 3. The van der Waals surface area contributed by atoms with Crippen molar-refractivity contribution in [1.29, 1.82) is 0 Å². The van der Waals surface area contributed by atoms with E-state index in [-0.39, 0.29) is 38.9 Å². The summed E-state index contributed by atoms with van der Waals surface area (Å²) in [5.74, 6) is -1.47. The van der Waals surface area contributed by atoms with Crippen LogP contribution in [0.1, 0.15) is 53.8 Å². The van der Waals surface area contributed by atoms with E-state index in [1.54, 1.807) is 11.8 Å². The average molecular weight is 476 g/mol. The highest BCUT2D eigenvalue weighted by Crippen LogP contribution is 2.32. The van der Waals surface area contributed by atoms with E-state index in [4.69, 9.17) is 23.2 Å². The van der Waals surface area contributed by atoms with Gasteiger partial charge in [-0.1, -0.05) is 30.1 Å². The molecule has 0 spiro atoms. The highest BCUT2D eigenvalue weighted by Gasteiger charge is 2.43. The molecule has 30 heavy (non-hydrogen) atoms.